The van der Waals surface area contributed by atoms with Crippen LogP contribution in [0.3, 0.4) is 0 Å². The van der Waals surface area contributed by atoms with Gasteiger partial charge in [0.25, 0.3) is 0 Å². The lowest BCUT2D eigenvalue weighted by atomic mass is 10.1. The summed E-state index contributed by atoms with van der Waals surface area (Å²) in [6, 6.07) is 4.59. The van der Waals surface area contributed by atoms with Gasteiger partial charge < -0.3 is 9.84 Å². The lowest BCUT2D eigenvalue weighted by molar-refractivity contribution is 0.178. The lowest BCUT2D eigenvalue weighted by Crippen LogP contribution is -2.01. The Kier molecular flexibility index (Phi) is 4.16. The standard InChI is InChI=1S/C12H11ClFNO2S/c1-17-10-3-2-7(4-8(10)14)5-9(16)12-15-6-11(13)18-12/h2-4,6,9,16H,5H2,1H3. The first kappa shape index (κ1) is 13.3. The van der Waals surface area contributed by atoms with Crippen LogP contribution in [0.5, 0.6) is 5.75 Å². The minimum absolute atomic E-state index is 0.186. The van der Waals surface area contributed by atoms with Crippen LogP contribution >= 0.6 is 22.9 Å². The maximum atomic E-state index is 13.5. The van der Waals surface area contributed by atoms with Crippen molar-refractivity contribution in [3.05, 3.63) is 45.1 Å². The molecule has 18 heavy (non-hydrogen) atoms. The second-order valence-corrected chi connectivity index (χ2v) is 5.38. The molecule has 3 nitrogen and oxygen atoms in total. The zero-order valence-electron chi connectivity index (χ0n) is 9.56. The molecule has 0 saturated heterocycles. The Morgan fingerprint density at radius 2 is 2.33 bits per heavy atom. The van der Waals surface area contributed by atoms with Gasteiger partial charge in [0.2, 0.25) is 0 Å². The third-order valence-electron chi connectivity index (χ3n) is 2.43. The van der Waals surface area contributed by atoms with Crippen LogP contribution < -0.4 is 4.74 Å². The molecular formula is C12H11ClFNO2S. The van der Waals surface area contributed by atoms with Crippen LogP contribution in [0.25, 0.3) is 0 Å². The highest BCUT2D eigenvalue weighted by molar-refractivity contribution is 7.15. The SMILES string of the molecule is COc1ccc(CC(O)c2ncc(Cl)s2)cc1F. The van der Waals surface area contributed by atoms with E-state index in [-0.39, 0.29) is 12.2 Å². The van der Waals surface area contributed by atoms with Crippen molar-refractivity contribution in [1.29, 1.82) is 0 Å². The van der Waals surface area contributed by atoms with Gasteiger partial charge in [0.1, 0.15) is 15.4 Å². The second-order valence-electron chi connectivity index (χ2n) is 3.69. The van der Waals surface area contributed by atoms with Gasteiger partial charge in [0.15, 0.2) is 11.6 Å². The Labute approximate surface area is 113 Å². The Morgan fingerprint density at radius 1 is 1.56 bits per heavy atom. The van der Waals surface area contributed by atoms with Crippen molar-refractivity contribution in [1.82, 2.24) is 4.98 Å². The van der Waals surface area contributed by atoms with E-state index in [1.54, 1.807) is 6.07 Å². The topological polar surface area (TPSA) is 42.4 Å². The molecule has 0 aliphatic rings. The molecule has 0 spiro atoms. The smallest absolute Gasteiger partial charge is 0.165 e. The summed E-state index contributed by atoms with van der Waals surface area (Å²) in [4.78, 5) is 3.99. The average molecular weight is 288 g/mol. The van der Waals surface area contributed by atoms with E-state index >= 15 is 0 Å². The van der Waals surface area contributed by atoms with Gasteiger partial charge in [0, 0.05) is 6.42 Å². The molecule has 0 bridgehead atoms. The van der Waals surface area contributed by atoms with Crippen LogP contribution in [0.2, 0.25) is 4.34 Å². The number of nitrogens with zero attached hydrogens (tertiary/aromatic N) is 1. The largest absolute Gasteiger partial charge is 0.494 e. The number of halogens is 2. The zero-order valence-corrected chi connectivity index (χ0v) is 11.1. The van der Waals surface area contributed by atoms with E-state index in [0.29, 0.717) is 14.9 Å². The van der Waals surface area contributed by atoms with E-state index in [1.807, 2.05) is 0 Å². The number of rotatable bonds is 4. The van der Waals surface area contributed by atoms with Gasteiger partial charge in [-0.25, -0.2) is 9.37 Å². The predicted octanol–water partition coefficient (Wildman–Crippen LogP) is 3.22. The number of aliphatic hydroxyl groups is 1. The number of ether oxygens (including phenoxy) is 1. The van der Waals surface area contributed by atoms with Gasteiger partial charge in [-0.15, -0.1) is 11.3 Å². The van der Waals surface area contributed by atoms with Crippen LogP contribution in [0.15, 0.2) is 24.4 Å². The zero-order chi connectivity index (χ0) is 13.1. The molecule has 1 aromatic heterocycles. The molecule has 1 heterocycles. The molecule has 1 N–H and O–H groups in total. The monoisotopic (exact) mass is 287 g/mol. The quantitative estimate of drug-likeness (QED) is 0.939. The number of aliphatic hydroxyl groups excluding tert-OH is 1. The van der Waals surface area contributed by atoms with Crippen molar-refractivity contribution in [2.45, 2.75) is 12.5 Å². The van der Waals surface area contributed by atoms with Crippen LogP contribution in [0, 0.1) is 5.82 Å². The first-order chi connectivity index (χ1) is 8.60. The summed E-state index contributed by atoms with van der Waals surface area (Å²) in [5.74, 6) is -0.259. The van der Waals surface area contributed by atoms with E-state index in [2.05, 4.69) is 4.98 Å². The van der Waals surface area contributed by atoms with Crippen molar-refractivity contribution in [2.24, 2.45) is 0 Å². The molecule has 0 amide bonds. The van der Waals surface area contributed by atoms with Gasteiger partial charge >= 0.3 is 0 Å². The van der Waals surface area contributed by atoms with Crippen LogP contribution in [-0.4, -0.2) is 17.2 Å². The minimum atomic E-state index is -0.782. The van der Waals surface area contributed by atoms with E-state index in [1.165, 1.54) is 36.8 Å². The van der Waals surface area contributed by atoms with Crippen LogP contribution in [0.1, 0.15) is 16.7 Å². The molecule has 1 atom stereocenters. The summed E-state index contributed by atoms with van der Waals surface area (Å²) >= 11 is 6.95. The van der Waals surface area contributed by atoms with Crippen LogP contribution in [-0.2, 0) is 6.42 Å². The molecule has 2 rings (SSSR count). The van der Waals surface area contributed by atoms with Gasteiger partial charge in [-0.1, -0.05) is 17.7 Å². The van der Waals surface area contributed by atoms with Crippen LogP contribution in [0.4, 0.5) is 4.39 Å². The van der Waals surface area contributed by atoms with E-state index in [9.17, 15) is 9.50 Å². The molecule has 96 valence electrons. The number of hydrogen-bond donors (Lipinski definition) is 1. The molecule has 6 heteroatoms. The molecular weight excluding hydrogens is 277 g/mol. The molecule has 0 aliphatic heterocycles. The molecule has 0 radical (unpaired) electrons. The fourth-order valence-electron chi connectivity index (χ4n) is 1.57. The summed E-state index contributed by atoms with van der Waals surface area (Å²) in [6.07, 6.45) is 0.986. The molecule has 2 aromatic rings. The van der Waals surface area contributed by atoms with Gasteiger partial charge in [-0.3, -0.25) is 0 Å². The molecule has 0 saturated carbocycles. The highest BCUT2D eigenvalue weighted by Gasteiger charge is 2.14. The van der Waals surface area contributed by atoms with E-state index < -0.39 is 11.9 Å². The fraction of sp³-hybridized carbons (Fsp3) is 0.250. The Hall–Kier alpha value is -1.17. The summed E-state index contributed by atoms with van der Waals surface area (Å²) in [6.45, 7) is 0. The Balaban J connectivity index is 2.12. The maximum absolute atomic E-state index is 13.5. The van der Waals surface area contributed by atoms with Crippen molar-refractivity contribution < 1.29 is 14.2 Å². The number of aromatic nitrogens is 1. The first-order valence-electron chi connectivity index (χ1n) is 5.22. The van der Waals surface area contributed by atoms with Crippen molar-refractivity contribution in [3.63, 3.8) is 0 Å². The van der Waals surface area contributed by atoms with Crippen molar-refractivity contribution >= 4 is 22.9 Å². The van der Waals surface area contributed by atoms with Crippen molar-refractivity contribution in [2.75, 3.05) is 7.11 Å². The summed E-state index contributed by atoms with van der Waals surface area (Å²) in [5.41, 5.74) is 0.673. The second kappa shape index (κ2) is 5.65. The lowest BCUT2D eigenvalue weighted by Gasteiger charge is -2.09. The number of methoxy groups -OCH3 is 1. The first-order valence-corrected chi connectivity index (χ1v) is 6.41. The molecule has 0 aliphatic carbocycles. The highest BCUT2D eigenvalue weighted by Crippen LogP contribution is 2.27. The Morgan fingerprint density at radius 3 is 2.89 bits per heavy atom. The average Bonchev–Trinajstić information content (AvgIpc) is 2.76. The summed E-state index contributed by atoms with van der Waals surface area (Å²) < 4.78 is 18.8. The van der Waals surface area contributed by atoms with Gasteiger partial charge in [0.05, 0.1) is 13.3 Å². The third-order valence-corrected chi connectivity index (χ3v) is 3.64. The summed E-state index contributed by atoms with van der Waals surface area (Å²) in [7, 11) is 1.41. The fourth-order valence-corrected chi connectivity index (χ4v) is 2.48. The highest BCUT2D eigenvalue weighted by atomic mass is 35.5. The van der Waals surface area contributed by atoms with Crippen molar-refractivity contribution in [3.8, 4) is 5.75 Å². The molecule has 1 aromatic carbocycles. The van der Waals surface area contributed by atoms with Gasteiger partial charge in [-0.05, 0) is 17.7 Å². The molecule has 0 fully saturated rings. The van der Waals surface area contributed by atoms with E-state index in [4.69, 9.17) is 16.3 Å². The summed E-state index contributed by atoms with van der Waals surface area (Å²) in [5, 5.41) is 10.5. The molecule has 1 unspecified atom stereocenters. The number of hydrogen-bond acceptors (Lipinski definition) is 4. The number of benzene rings is 1. The predicted molar refractivity (Wildman–Crippen MR) is 68.7 cm³/mol. The van der Waals surface area contributed by atoms with E-state index in [0.717, 1.165) is 0 Å². The van der Waals surface area contributed by atoms with Gasteiger partial charge in [-0.2, -0.15) is 0 Å². The number of thiazole rings is 1. The third kappa shape index (κ3) is 2.98. The normalized spacial score (nSPS) is 12.4. The maximum Gasteiger partial charge on any atom is 0.165 e. The Bertz CT molecular complexity index is 547. The minimum Gasteiger partial charge on any atom is -0.494 e.